The SMILES string of the molecule is NCc1cc(NC(=O)NC2CCC2)ccc1F. The van der Waals surface area contributed by atoms with Gasteiger partial charge in [-0.05, 0) is 37.5 Å². The van der Waals surface area contributed by atoms with E-state index < -0.39 is 0 Å². The van der Waals surface area contributed by atoms with E-state index in [4.69, 9.17) is 5.73 Å². The van der Waals surface area contributed by atoms with E-state index in [1.165, 1.54) is 18.6 Å². The number of anilines is 1. The highest BCUT2D eigenvalue weighted by Gasteiger charge is 2.19. The summed E-state index contributed by atoms with van der Waals surface area (Å²) in [5.41, 5.74) is 6.35. The smallest absolute Gasteiger partial charge is 0.319 e. The van der Waals surface area contributed by atoms with Gasteiger partial charge in [0, 0.05) is 23.8 Å². The fourth-order valence-corrected chi connectivity index (χ4v) is 1.71. The molecule has 0 spiro atoms. The lowest BCUT2D eigenvalue weighted by molar-refractivity contribution is 0.240. The molecule has 5 heteroatoms. The largest absolute Gasteiger partial charge is 0.335 e. The van der Waals surface area contributed by atoms with Crippen LogP contribution in [-0.2, 0) is 6.54 Å². The summed E-state index contributed by atoms with van der Waals surface area (Å²) in [6.07, 6.45) is 3.23. The van der Waals surface area contributed by atoms with E-state index in [0.29, 0.717) is 11.3 Å². The zero-order valence-electron chi connectivity index (χ0n) is 9.50. The van der Waals surface area contributed by atoms with Crippen LogP contribution in [0.1, 0.15) is 24.8 Å². The number of urea groups is 1. The molecular formula is C12H16FN3O. The second kappa shape index (κ2) is 5.14. The second-order valence-corrected chi connectivity index (χ2v) is 4.24. The Morgan fingerprint density at radius 1 is 1.47 bits per heavy atom. The fraction of sp³-hybridized carbons (Fsp3) is 0.417. The van der Waals surface area contributed by atoms with Gasteiger partial charge >= 0.3 is 6.03 Å². The van der Waals surface area contributed by atoms with Gasteiger partial charge in [-0.15, -0.1) is 0 Å². The number of nitrogens with one attached hydrogen (secondary N) is 2. The number of carbonyl (C=O) groups is 1. The Balaban J connectivity index is 1.95. The minimum atomic E-state index is -0.350. The van der Waals surface area contributed by atoms with Crippen molar-refractivity contribution in [1.29, 1.82) is 0 Å². The van der Waals surface area contributed by atoms with Crippen molar-refractivity contribution in [1.82, 2.24) is 5.32 Å². The molecule has 17 heavy (non-hydrogen) atoms. The Hall–Kier alpha value is -1.62. The third-order valence-electron chi connectivity index (χ3n) is 2.96. The predicted octanol–water partition coefficient (Wildman–Crippen LogP) is 1.96. The third kappa shape index (κ3) is 2.94. The zero-order chi connectivity index (χ0) is 12.3. The van der Waals surface area contributed by atoms with Crippen LogP contribution in [0.5, 0.6) is 0 Å². The summed E-state index contributed by atoms with van der Waals surface area (Å²) in [4.78, 5) is 11.6. The third-order valence-corrected chi connectivity index (χ3v) is 2.96. The zero-order valence-corrected chi connectivity index (χ0v) is 9.50. The minimum absolute atomic E-state index is 0.117. The van der Waals surface area contributed by atoms with Crippen LogP contribution < -0.4 is 16.4 Å². The Kier molecular flexibility index (Phi) is 3.58. The van der Waals surface area contributed by atoms with E-state index in [9.17, 15) is 9.18 Å². The first-order valence-corrected chi connectivity index (χ1v) is 5.75. The second-order valence-electron chi connectivity index (χ2n) is 4.24. The van der Waals surface area contributed by atoms with E-state index >= 15 is 0 Å². The van der Waals surface area contributed by atoms with Gasteiger partial charge in [-0.25, -0.2) is 9.18 Å². The van der Waals surface area contributed by atoms with Crippen LogP contribution in [0.4, 0.5) is 14.9 Å². The molecule has 4 N–H and O–H groups in total. The van der Waals surface area contributed by atoms with Gasteiger partial charge in [0.2, 0.25) is 0 Å². The van der Waals surface area contributed by atoms with Gasteiger partial charge in [-0.2, -0.15) is 0 Å². The average molecular weight is 237 g/mol. The molecule has 0 heterocycles. The monoisotopic (exact) mass is 237 g/mol. The molecule has 1 aliphatic rings. The molecule has 1 saturated carbocycles. The highest BCUT2D eigenvalue weighted by molar-refractivity contribution is 5.89. The number of benzene rings is 1. The molecule has 0 unspecified atom stereocenters. The number of nitrogens with two attached hydrogens (primary N) is 1. The van der Waals surface area contributed by atoms with Crippen LogP contribution in [0.2, 0.25) is 0 Å². The first-order valence-electron chi connectivity index (χ1n) is 5.75. The van der Waals surface area contributed by atoms with Gasteiger partial charge in [0.1, 0.15) is 5.82 Å². The molecule has 1 aromatic rings. The summed E-state index contributed by atoms with van der Waals surface area (Å²) in [6, 6.07) is 4.42. The van der Waals surface area contributed by atoms with Crippen molar-refractivity contribution < 1.29 is 9.18 Å². The molecule has 2 amide bonds. The Morgan fingerprint density at radius 2 is 2.24 bits per heavy atom. The van der Waals surface area contributed by atoms with Crippen LogP contribution in [0, 0.1) is 5.82 Å². The van der Waals surface area contributed by atoms with Crippen LogP contribution in [-0.4, -0.2) is 12.1 Å². The van der Waals surface area contributed by atoms with Crippen molar-refractivity contribution in [2.24, 2.45) is 5.73 Å². The molecular weight excluding hydrogens is 221 g/mol. The summed E-state index contributed by atoms with van der Waals surface area (Å²) >= 11 is 0. The minimum Gasteiger partial charge on any atom is -0.335 e. The standard InChI is InChI=1S/C12H16FN3O/c13-11-5-4-10(6-8(11)7-14)16-12(17)15-9-2-1-3-9/h4-6,9H,1-3,7,14H2,(H2,15,16,17). The highest BCUT2D eigenvalue weighted by Crippen LogP contribution is 2.18. The van der Waals surface area contributed by atoms with Crippen molar-refractivity contribution in [3.63, 3.8) is 0 Å². The molecule has 1 aromatic carbocycles. The molecule has 0 aliphatic heterocycles. The van der Waals surface area contributed by atoms with E-state index in [-0.39, 0.29) is 24.4 Å². The number of amides is 2. The van der Waals surface area contributed by atoms with Crippen LogP contribution >= 0.6 is 0 Å². The molecule has 92 valence electrons. The quantitative estimate of drug-likeness (QED) is 0.752. The van der Waals surface area contributed by atoms with Crippen molar-refractivity contribution in [2.75, 3.05) is 5.32 Å². The van der Waals surface area contributed by atoms with Gasteiger partial charge in [0.15, 0.2) is 0 Å². The fourth-order valence-electron chi connectivity index (χ4n) is 1.71. The van der Waals surface area contributed by atoms with Crippen molar-refractivity contribution in [3.05, 3.63) is 29.6 Å². The molecule has 0 atom stereocenters. The first kappa shape index (κ1) is 11.9. The van der Waals surface area contributed by atoms with Crippen LogP contribution in [0.3, 0.4) is 0 Å². The molecule has 4 nitrogen and oxygen atoms in total. The molecule has 1 aliphatic carbocycles. The predicted molar refractivity (Wildman–Crippen MR) is 64.1 cm³/mol. The molecule has 1 fully saturated rings. The number of carbonyl (C=O) groups excluding carboxylic acids is 1. The van der Waals surface area contributed by atoms with E-state index in [2.05, 4.69) is 10.6 Å². The maximum absolute atomic E-state index is 13.2. The lowest BCUT2D eigenvalue weighted by Crippen LogP contribution is -2.41. The number of halogens is 1. The summed E-state index contributed by atoms with van der Waals surface area (Å²) in [5, 5.41) is 5.51. The van der Waals surface area contributed by atoms with E-state index in [0.717, 1.165) is 12.8 Å². The van der Waals surface area contributed by atoms with Gasteiger partial charge < -0.3 is 16.4 Å². The highest BCUT2D eigenvalue weighted by atomic mass is 19.1. The normalized spacial score (nSPS) is 15.2. The van der Waals surface area contributed by atoms with Gasteiger partial charge in [-0.1, -0.05) is 0 Å². The van der Waals surface area contributed by atoms with E-state index in [1.54, 1.807) is 6.07 Å². The molecule has 2 rings (SSSR count). The first-order chi connectivity index (χ1) is 8.19. The summed E-state index contributed by atoms with van der Waals surface area (Å²) < 4.78 is 13.2. The Bertz CT molecular complexity index is 418. The molecule has 0 bridgehead atoms. The number of rotatable bonds is 3. The van der Waals surface area contributed by atoms with Crippen molar-refractivity contribution in [2.45, 2.75) is 31.8 Å². The maximum atomic E-state index is 13.2. The van der Waals surface area contributed by atoms with Crippen LogP contribution in [0.25, 0.3) is 0 Å². The van der Waals surface area contributed by atoms with Gasteiger partial charge in [-0.3, -0.25) is 0 Å². The van der Waals surface area contributed by atoms with Crippen molar-refractivity contribution >= 4 is 11.7 Å². The number of hydrogen-bond donors (Lipinski definition) is 3. The summed E-state index contributed by atoms with van der Waals surface area (Å²) in [5.74, 6) is -0.350. The lowest BCUT2D eigenvalue weighted by atomic mass is 9.93. The molecule has 0 saturated heterocycles. The van der Waals surface area contributed by atoms with E-state index in [1.807, 2.05) is 0 Å². The Morgan fingerprint density at radius 3 is 2.82 bits per heavy atom. The Labute approximate surface area is 99.4 Å². The summed E-state index contributed by atoms with van der Waals surface area (Å²) in [6.45, 7) is 0.117. The topological polar surface area (TPSA) is 67.1 Å². The average Bonchev–Trinajstić information content (AvgIpc) is 2.26. The lowest BCUT2D eigenvalue weighted by Gasteiger charge is -2.26. The van der Waals surface area contributed by atoms with Gasteiger partial charge in [0.05, 0.1) is 0 Å². The molecule has 0 radical (unpaired) electrons. The number of hydrogen-bond acceptors (Lipinski definition) is 2. The molecule has 0 aromatic heterocycles. The van der Waals surface area contributed by atoms with Gasteiger partial charge in [0.25, 0.3) is 0 Å². The summed E-state index contributed by atoms with van der Waals surface area (Å²) in [7, 11) is 0. The van der Waals surface area contributed by atoms with Crippen molar-refractivity contribution in [3.8, 4) is 0 Å². The van der Waals surface area contributed by atoms with Crippen LogP contribution in [0.15, 0.2) is 18.2 Å². The maximum Gasteiger partial charge on any atom is 0.319 e.